The van der Waals surface area contributed by atoms with Crippen LogP contribution in [0, 0.1) is 5.92 Å². The minimum Gasteiger partial charge on any atom is -0.453 e. The van der Waals surface area contributed by atoms with E-state index in [1.54, 1.807) is 0 Å². The first-order valence-electron chi connectivity index (χ1n) is 9.96. The molecule has 0 aliphatic carbocycles. The molecule has 0 unspecified atom stereocenters. The zero-order valence-electron chi connectivity index (χ0n) is 17.6. The van der Waals surface area contributed by atoms with Crippen molar-refractivity contribution in [3.05, 3.63) is 28.2 Å². The van der Waals surface area contributed by atoms with Crippen LogP contribution in [-0.2, 0) is 15.1 Å². The van der Waals surface area contributed by atoms with E-state index in [0.717, 1.165) is 34.4 Å². The molecule has 3 rings (SSSR count). The molecule has 1 aromatic carbocycles. The van der Waals surface area contributed by atoms with Gasteiger partial charge in [0.15, 0.2) is 0 Å². The quantitative estimate of drug-likeness (QED) is 0.707. The third-order valence-electron chi connectivity index (χ3n) is 5.55. The Kier molecular flexibility index (Phi) is 6.22. The Bertz CT molecular complexity index is 837. The molecule has 0 bridgehead atoms. The van der Waals surface area contributed by atoms with E-state index in [1.807, 2.05) is 30.9 Å². The number of carbonyl (C=O) groups excluding carboxylic acids is 2. The largest absolute Gasteiger partial charge is 0.453 e. The molecule has 0 saturated carbocycles. The minimum absolute atomic E-state index is 0.0581. The molecule has 1 saturated heterocycles. The lowest BCUT2D eigenvalue weighted by atomic mass is 9.91. The lowest BCUT2D eigenvalue weighted by Gasteiger charge is -2.36. The minimum atomic E-state index is -0.637. The number of anilines is 1. The van der Waals surface area contributed by atoms with Gasteiger partial charge in [0.1, 0.15) is 11.9 Å². The Balaban J connectivity index is 1.88. The average Bonchev–Trinajstić information content (AvgIpc) is 3.13. The molecule has 7 nitrogen and oxygen atoms in total. The van der Waals surface area contributed by atoms with Gasteiger partial charge in [0, 0.05) is 22.3 Å². The highest BCUT2D eigenvalue weighted by Gasteiger charge is 2.40. The molecule has 2 aliphatic rings. The fourth-order valence-corrected chi connectivity index (χ4v) is 4.39. The van der Waals surface area contributed by atoms with Crippen LogP contribution in [0.5, 0.6) is 0 Å². The lowest BCUT2D eigenvalue weighted by Crippen LogP contribution is -2.55. The third kappa shape index (κ3) is 4.42. The second kappa shape index (κ2) is 8.34. The second-order valence-electron chi connectivity index (χ2n) is 8.42. The summed E-state index contributed by atoms with van der Waals surface area (Å²) in [6, 6.07) is 5.35. The van der Waals surface area contributed by atoms with Gasteiger partial charge in [-0.3, -0.25) is 9.79 Å². The molecule has 1 aromatic rings. The molecule has 2 amide bonds. The smallest absolute Gasteiger partial charge is 0.407 e. The van der Waals surface area contributed by atoms with Crippen LogP contribution in [0.4, 0.5) is 10.5 Å². The topological polar surface area (TPSA) is 83.0 Å². The van der Waals surface area contributed by atoms with Gasteiger partial charge in [0.05, 0.1) is 18.7 Å². The summed E-state index contributed by atoms with van der Waals surface area (Å²) >= 11 is 3.53. The van der Waals surface area contributed by atoms with Crippen molar-refractivity contribution < 1.29 is 14.3 Å². The first-order valence-corrected chi connectivity index (χ1v) is 10.7. The normalized spacial score (nSPS) is 21.1. The van der Waals surface area contributed by atoms with Crippen LogP contribution in [0.1, 0.15) is 46.1 Å². The van der Waals surface area contributed by atoms with Gasteiger partial charge >= 0.3 is 6.09 Å². The fourth-order valence-electron chi connectivity index (χ4n) is 4.03. The van der Waals surface area contributed by atoms with Crippen LogP contribution in [-0.4, -0.2) is 48.5 Å². The number of ether oxygens (including phenoxy) is 1. The standard InChI is InChI=1S/C21H29BrN4O3/c1-12(2)17(24-20(28)29-5)19(27)26-10-6-7-16(26)18-23-15-11-13(22)8-9-14(15)21(3,4)25-18/h8-9,11-12,16-17H,6-7,10H2,1-5H3,(H,23,25)(H,24,28)/t16-,17-/m0/s1. The number of halogens is 1. The maximum atomic E-state index is 13.3. The number of fused-ring (bicyclic) bond motifs is 1. The van der Waals surface area contributed by atoms with Gasteiger partial charge in [-0.15, -0.1) is 0 Å². The van der Waals surface area contributed by atoms with E-state index >= 15 is 0 Å². The Morgan fingerprint density at radius 2 is 2.10 bits per heavy atom. The molecule has 1 fully saturated rings. The summed E-state index contributed by atoms with van der Waals surface area (Å²) < 4.78 is 5.69. The Labute approximate surface area is 180 Å². The van der Waals surface area contributed by atoms with Crippen LogP contribution >= 0.6 is 15.9 Å². The lowest BCUT2D eigenvalue weighted by molar-refractivity contribution is -0.134. The molecule has 0 aromatic heterocycles. The molecule has 2 aliphatic heterocycles. The van der Waals surface area contributed by atoms with Crippen molar-refractivity contribution in [2.24, 2.45) is 10.9 Å². The van der Waals surface area contributed by atoms with E-state index in [4.69, 9.17) is 9.73 Å². The Morgan fingerprint density at radius 3 is 2.76 bits per heavy atom. The van der Waals surface area contributed by atoms with Gasteiger partial charge in [-0.2, -0.15) is 0 Å². The monoisotopic (exact) mass is 464 g/mol. The van der Waals surface area contributed by atoms with Crippen LogP contribution in [0.2, 0.25) is 0 Å². The number of nitrogens with zero attached hydrogens (tertiary/aromatic N) is 2. The van der Waals surface area contributed by atoms with Crippen molar-refractivity contribution in [1.82, 2.24) is 10.2 Å². The molecule has 0 radical (unpaired) electrons. The van der Waals surface area contributed by atoms with Gasteiger partial charge in [-0.25, -0.2) is 4.79 Å². The zero-order chi connectivity index (χ0) is 21.3. The van der Waals surface area contributed by atoms with E-state index in [2.05, 4.69) is 46.5 Å². The van der Waals surface area contributed by atoms with Crippen molar-refractivity contribution >= 4 is 39.5 Å². The molecular formula is C21H29BrN4O3. The second-order valence-corrected chi connectivity index (χ2v) is 9.33. The van der Waals surface area contributed by atoms with Crippen molar-refractivity contribution in [2.45, 2.75) is 58.2 Å². The SMILES string of the molecule is COC(=O)N[C@H](C(=O)N1CCC[C@H]1C1=NC(C)(C)c2ccc(Br)cc2N1)C(C)C. The molecule has 2 heterocycles. The van der Waals surface area contributed by atoms with Gasteiger partial charge < -0.3 is 20.3 Å². The maximum absolute atomic E-state index is 13.3. The van der Waals surface area contributed by atoms with Crippen molar-refractivity contribution in [2.75, 3.05) is 19.0 Å². The fraction of sp³-hybridized carbons (Fsp3) is 0.571. The number of nitrogens with one attached hydrogen (secondary N) is 2. The number of aliphatic imine (C=N–C) groups is 1. The van der Waals surface area contributed by atoms with Gasteiger partial charge in [-0.05, 0) is 44.7 Å². The summed E-state index contributed by atoms with van der Waals surface area (Å²) in [5, 5.41) is 6.14. The molecule has 2 N–H and O–H groups in total. The summed E-state index contributed by atoms with van der Waals surface area (Å²) in [5.74, 6) is 0.638. The third-order valence-corrected chi connectivity index (χ3v) is 6.04. The first-order chi connectivity index (χ1) is 13.6. The van der Waals surface area contributed by atoms with Crippen molar-refractivity contribution in [1.29, 1.82) is 0 Å². The highest BCUT2D eigenvalue weighted by Crippen LogP contribution is 2.38. The number of likely N-dealkylation sites (tertiary alicyclic amines) is 1. The van der Waals surface area contributed by atoms with Crippen LogP contribution in [0.3, 0.4) is 0 Å². The average molecular weight is 465 g/mol. The molecule has 2 atom stereocenters. The molecule has 0 spiro atoms. The number of hydrogen-bond donors (Lipinski definition) is 2. The summed E-state index contributed by atoms with van der Waals surface area (Å²) in [5.41, 5.74) is 1.73. The number of hydrogen-bond acceptors (Lipinski definition) is 5. The summed E-state index contributed by atoms with van der Waals surface area (Å²) in [4.78, 5) is 31.9. The number of carbonyl (C=O) groups is 2. The molecular weight excluding hydrogens is 436 g/mol. The summed E-state index contributed by atoms with van der Waals surface area (Å²) in [7, 11) is 1.30. The van der Waals surface area contributed by atoms with E-state index < -0.39 is 17.7 Å². The first kappa shape index (κ1) is 21.6. The molecule has 158 valence electrons. The predicted octanol–water partition coefficient (Wildman–Crippen LogP) is 3.88. The Morgan fingerprint density at radius 1 is 1.38 bits per heavy atom. The highest BCUT2D eigenvalue weighted by molar-refractivity contribution is 9.10. The van der Waals surface area contributed by atoms with Crippen molar-refractivity contribution in [3.63, 3.8) is 0 Å². The van der Waals surface area contributed by atoms with Crippen molar-refractivity contribution in [3.8, 4) is 0 Å². The number of benzene rings is 1. The van der Waals surface area contributed by atoms with Gasteiger partial charge in [-0.1, -0.05) is 35.8 Å². The molecule has 8 heteroatoms. The number of amidine groups is 1. The predicted molar refractivity (Wildman–Crippen MR) is 117 cm³/mol. The van der Waals surface area contributed by atoms with Gasteiger partial charge in [0.25, 0.3) is 0 Å². The van der Waals surface area contributed by atoms with Gasteiger partial charge in [0.2, 0.25) is 5.91 Å². The summed E-state index contributed by atoms with van der Waals surface area (Å²) in [6.07, 6.45) is 1.13. The summed E-state index contributed by atoms with van der Waals surface area (Å²) in [6.45, 7) is 8.63. The number of alkyl carbamates (subject to hydrolysis) is 1. The highest BCUT2D eigenvalue weighted by atomic mass is 79.9. The maximum Gasteiger partial charge on any atom is 0.407 e. The Hall–Kier alpha value is -2.09. The number of amides is 2. The van der Waals surface area contributed by atoms with Crippen LogP contribution in [0.25, 0.3) is 0 Å². The van der Waals surface area contributed by atoms with E-state index in [-0.39, 0.29) is 17.9 Å². The van der Waals surface area contributed by atoms with E-state index in [0.29, 0.717) is 6.54 Å². The number of methoxy groups -OCH3 is 1. The molecule has 29 heavy (non-hydrogen) atoms. The van der Waals surface area contributed by atoms with E-state index in [1.165, 1.54) is 7.11 Å². The van der Waals surface area contributed by atoms with Crippen LogP contribution in [0.15, 0.2) is 27.7 Å². The zero-order valence-corrected chi connectivity index (χ0v) is 19.2. The van der Waals surface area contributed by atoms with E-state index in [9.17, 15) is 9.59 Å². The van der Waals surface area contributed by atoms with Crippen LogP contribution < -0.4 is 10.6 Å². The number of rotatable bonds is 4.